The highest BCUT2D eigenvalue weighted by atomic mass is 32.1. The van der Waals surface area contributed by atoms with Crippen molar-refractivity contribution in [3.05, 3.63) is 22.8 Å². The molecule has 13 heteroatoms. The Balaban J connectivity index is 1.55. The van der Waals surface area contributed by atoms with Crippen molar-refractivity contribution in [2.75, 3.05) is 64.1 Å². The molecule has 0 spiro atoms. The summed E-state index contributed by atoms with van der Waals surface area (Å²) in [5.74, 6) is 0.0944. The quantitative estimate of drug-likeness (QED) is 0.542. The van der Waals surface area contributed by atoms with E-state index >= 15 is 0 Å². The molecule has 9 nitrogen and oxygen atoms in total. The van der Waals surface area contributed by atoms with Gasteiger partial charge in [-0.2, -0.15) is 13.2 Å². The molecule has 3 aromatic rings. The smallest absolute Gasteiger partial charge is 0.378 e. The molecule has 0 unspecified atom stereocenters. The molecule has 2 N–H and O–H groups in total. The topological polar surface area (TPSA) is 96.5 Å². The van der Waals surface area contributed by atoms with E-state index < -0.39 is 17.8 Å². The number of halogens is 3. The number of nitrogen functional groups attached to an aromatic ring is 1. The van der Waals surface area contributed by atoms with Crippen LogP contribution in [0.15, 0.2) is 12.3 Å². The van der Waals surface area contributed by atoms with Crippen molar-refractivity contribution in [2.24, 2.45) is 0 Å². The number of nitrogens with zero attached hydrogens (tertiary/aromatic N) is 7. The number of hydrogen-bond acceptors (Lipinski definition) is 10. The Kier molecular flexibility index (Phi) is 6.99. The Morgan fingerprint density at radius 3 is 2.56 bits per heavy atom. The summed E-state index contributed by atoms with van der Waals surface area (Å²) in [4.78, 5) is 24.9. The molecule has 0 aliphatic carbocycles. The summed E-state index contributed by atoms with van der Waals surface area (Å²) in [6.45, 7) is 5.12. The van der Waals surface area contributed by atoms with Gasteiger partial charge in [0.05, 0.1) is 24.2 Å². The number of aromatic nitrogens is 4. The summed E-state index contributed by atoms with van der Waals surface area (Å²) >= 11 is 1.49. The Labute approximate surface area is 211 Å². The van der Waals surface area contributed by atoms with E-state index in [0.29, 0.717) is 43.0 Å². The van der Waals surface area contributed by atoms with E-state index in [1.165, 1.54) is 11.3 Å². The summed E-state index contributed by atoms with van der Waals surface area (Å²) in [6.07, 6.45) is -1.45. The zero-order chi connectivity index (χ0) is 25.4. The van der Waals surface area contributed by atoms with Crippen LogP contribution in [0.2, 0.25) is 0 Å². The maximum Gasteiger partial charge on any atom is 0.434 e. The molecule has 0 amide bonds. The van der Waals surface area contributed by atoms with Crippen LogP contribution in [0.1, 0.15) is 23.4 Å². The third kappa shape index (κ3) is 5.24. The lowest BCUT2D eigenvalue weighted by Gasteiger charge is -2.34. The number of likely N-dealkylation sites (tertiary alicyclic amines) is 1. The molecule has 0 aromatic carbocycles. The fourth-order valence-corrected chi connectivity index (χ4v) is 5.84. The SMILES string of the molecule is CN1CCC(N(C)Cc2cc3c(N4CCOCC4)nc(-c4cnc(N)nc4C(F)(F)F)nc3s2)CC1. The maximum absolute atomic E-state index is 13.8. The van der Waals surface area contributed by atoms with Crippen molar-refractivity contribution in [3.63, 3.8) is 0 Å². The van der Waals surface area contributed by atoms with Crippen LogP contribution in [-0.2, 0) is 17.5 Å². The molecule has 0 saturated carbocycles. The van der Waals surface area contributed by atoms with Crippen molar-refractivity contribution < 1.29 is 17.9 Å². The number of anilines is 2. The summed E-state index contributed by atoms with van der Waals surface area (Å²) in [5, 5.41) is 0.836. The first-order valence-corrected chi connectivity index (χ1v) is 12.7. The third-order valence-electron chi connectivity index (χ3n) is 6.77. The molecule has 0 radical (unpaired) electrons. The minimum absolute atomic E-state index is 0.0617. The Morgan fingerprint density at radius 1 is 1.14 bits per heavy atom. The van der Waals surface area contributed by atoms with Crippen molar-refractivity contribution in [1.29, 1.82) is 0 Å². The van der Waals surface area contributed by atoms with E-state index in [1.54, 1.807) is 0 Å². The molecule has 5 rings (SSSR count). The summed E-state index contributed by atoms with van der Waals surface area (Å²) in [6, 6.07) is 2.57. The van der Waals surface area contributed by atoms with Crippen LogP contribution in [0.3, 0.4) is 0 Å². The van der Waals surface area contributed by atoms with Gasteiger partial charge in [-0.1, -0.05) is 0 Å². The minimum Gasteiger partial charge on any atom is -0.378 e. The molecule has 194 valence electrons. The number of piperidine rings is 1. The van der Waals surface area contributed by atoms with Crippen LogP contribution in [0, 0.1) is 0 Å². The van der Waals surface area contributed by atoms with Crippen LogP contribution >= 0.6 is 11.3 Å². The highest BCUT2D eigenvalue weighted by molar-refractivity contribution is 7.18. The van der Waals surface area contributed by atoms with Gasteiger partial charge >= 0.3 is 6.18 Å². The van der Waals surface area contributed by atoms with Gasteiger partial charge in [-0.25, -0.2) is 19.9 Å². The average molecular weight is 523 g/mol. The van der Waals surface area contributed by atoms with Crippen LogP contribution < -0.4 is 10.6 Å². The van der Waals surface area contributed by atoms with Crippen LogP contribution in [0.5, 0.6) is 0 Å². The first kappa shape index (κ1) is 25.1. The van der Waals surface area contributed by atoms with Gasteiger partial charge in [0.1, 0.15) is 10.6 Å². The fraction of sp³-hybridized carbons (Fsp3) is 0.565. The minimum atomic E-state index is -4.72. The highest BCUT2D eigenvalue weighted by Crippen LogP contribution is 2.38. The summed E-state index contributed by atoms with van der Waals surface area (Å²) in [5.41, 5.74) is 4.04. The number of ether oxygens (including phenoxy) is 1. The molecule has 36 heavy (non-hydrogen) atoms. The Bertz CT molecular complexity index is 1220. The first-order valence-electron chi connectivity index (χ1n) is 11.9. The molecule has 2 aliphatic rings. The van der Waals surface area contributed by atoms with Gasteiger partial charge in [0, 0.05) is 36.8 Å². The van der Waals surface area contributed by atoms with Gasteiger partial charge in [0.25, 0.3) is 0 Å². The number of hydrogen-bond donors (Lipinski definition) is 1. The van der Waals surface area contributed by atoms with Crippen LogP contribution in [0.4, 0.5) is 24.9 Å². The van der Waals surface area contributed by atoms with Gasteiger partial charge in [-0.15, -0.1) is 11.3 Å². The van der Waals surface area contributed by atoms with Gasteiger partial charge in [0.15, 0.2) is 11.5 Å². The first-order chi connectivity index (χ1) is 17.2. The van der Waals surface area contributed by atoms with Crippen LogP contribution in [0.25, 0.3) is 21.6 Å². The number of fused-ring (bicyclic) bond motifs is 1. The normalized spacial score (nSPS) is 18.4. The van der Waals surface area contributed by atoms with E-state index in [4.69, 9.17) is 10.5 Å². The second-order valence-corrected chi connectivity index (χ2v) is 10.5. The molecule has 5 heterocycles. The number of alkyl halides is 3. The van der Waals surface area contributed by atoms with Gasteiger partial charge < -0.3 is 20.3 Å². The number of thiophene rings is 1. The summed E-state index contributed by atoms with van der Waals surface area (Å²) < 4.78 is 46.9. The molecular weight excluding hydrogens is 493 g/mol. The van der Waals surface area contributed by atoms with Crippen molar-refractivity contribution in [2.45, 2.75) is 31.6 Å². The predicted molar refractivity (Wildman–Crippen MR) is 133 cm³/mol. The molecular formula is C23H29F3N8OS. The van der Waals surface area contributed by atoms with Crippen LogP contribution in [-0.4, -0.2) is 89.3 Å². The van der Waals surface area contributed by atoms with E-state index in [1.807, 2.05) is 4.90 Å². The van der Waals surface area contributed by atoms with Gasteiger partial charge in [-0.05, 0) is 46.1 Å². The lowest BCUT2D eigenvalue weighted by atomic mass is 10.0. The van der Waals surface area contributed by atoms with Gasteiger partial charge in [0.2, 0.25) is 5.95 Å². The largest absolute Gasteiger partial charge is 0.434 e. The summed E-state index contributed by atoms with van der Waals surface area (Å²) in [7, 11) is 4.27. The number of nitrogens with two attached hydrogens (primary N) is 1. The predicted octanol–water partition coefficient (Wildman–Crippen LogP) is 3.11. The fourth-order valence-electron chi connectivity index (χ4n) is 4.76. The molecule has 3 aromatic heterocycles. The Hall–Kier alpha value is -2.61. The van der Waals surface area contributed by atoms with E-state index in [0.717, 1.165) is 48.9 Å². The number of rotatable bonds is 5. The van der Waals surface area contributed by atoms with Crippen molar-refractivity contribution >= 4 is 33.3 Å². The second kappa shape index (κ2) is 10.0. The van der Waals surface area contributed by atoms with E-state index in [9.17, 15) is 13.2 Å². The third-order valence-corrected chi connectivity index (χ3v) is 7.78. The van der Waals surface area contributed by atoms with E-state index in [-0.39, 0.29) is 11.4 Å². The van der Waals surface area contributed by atoms with Crippen molar-refractivity contribution in [1.82, 2.24) is 29.7 Å². The lowest BCUT2D eigenvalue weighted by molar-refractivity contribution is -0.140. The zero-order valence-corrected chi connectivity index (χ0v) is 21.1. The second-order valence-electron chi connectivity index (χ2n) is 9.34. The number of morpholine rings is 1. The monoisotopic (exact) mass is 522 g/mol. The molecule has 0 bridgehead atoms. The maximum atomic E-state index is 13.8. The highest BCUT2D eigenvalue weighted by Gasteiger charge is 2.37. The molecule has 2 aliphatic heterocycles. The molecule has 2 fully saturated rings. The van der Waals surface area contributed by atoms with E-state index in [2.05, 4.69) is 49.9 Å². The Morgan fingerprint density at radius 2 is 1.86 bits per heavy atom. The van der Waals surface area contributed by atoms with Gasteiger partial charge in [-0.3, -0.25) is 4.90 Å². The van der Waals surface area contributed by atoms with Crippen molar-refractivity contribution in [3.8, 4) is 11.4 Å². The zero-order valence-electron chi connectivity index (χ0n) is 20.3. The standard InChI is InChI=1S/C23H29F3N8OS/c1-32-5-3-14(4-6-32)33(2)13-15-11-16-20(34-7-9-35-10-8-34)30-19(31-21(16)36-15)17-12-28-22(27)29-18(17)23(24,25)26/h11-12,14H,3-10,13H2,1-2H3,(H2,27,28,29). The molecule has 0 atom stereocenters. The lowest BCUT2D eigenvalue weighted by Crippen LogP contribution is -2.41. The molecule has 2 saturated heterocycles. The average Bonchev–Trinajstić information content (AvgIpc) is 3.26.